The Kier molecular flexibility index (Phi) is 3.68. The molecular formula is C12H18N4OS. The number of aromatic nitrogens is 2. The molecule has 0 unspecified atom stereocenters. The summed E-state index contributed by atoms with van der Waals surface area (Å²) in [6, 6.07) is 0. The van der Waals surface area contributed by atoms with Gasteiger partial charge in [-0.3, -0.25) is 9.20 Å². The van der Waals surface area contributed by atoms with Crippen LogP contribution in [0.3, 0.4) is 0 Å². The second kappa shape index (κ2) is 5.07. The third kappa shape index (κ3) is 2.70. The van der Waals surface area contributed by atoms with Gasteiger partial charge >= 0.3 is 0 Å². The molecular weight excluding hydrogens is 248 g/mol. The minimum atomic E-state index is -0.411. The van der Waals surface area contributed by atoms with Crippen molar-refractivity contribution in [1.29, 1.82) is 0 Å². The fourth-order valence-corrected chi connectivity index (χ4v) is 2.50. The van der Waals surface area contributed by atoms with Gasteiger partial charge in [-0.2, -0.15) is 0 Å². The number of hydrogen-bond acceptors (Lipinski definition) is 4. The molecule has 0 bridgehead atoms. The van der Waals surface area contributed by atoms with Crippen LogP contribution in [0.25, 0.3) is 4.96 Å². The first-order chi connectivity index (χ1) is 8.53. The molecule has 2 rings (SSSR count). The van der Waals surface area contributed by atoms with Crippen LogP contribution in [0.15, 0.2) is 17.8 Å². The number of amides is 1. The summed E-state index contributed by atoms with van der Waals surface area (Å²) in [6.07, 6.45) is 4.00. The van der Waals surface area contributed by atoms with E-state index in [2.05, 4.69) is 15.6 Å². The summed E-state index contributed by atoms with van der Waals surface area (Å²) >= 11 is 1.62. The first-order valence-electron chi connectivity index (χ1n) is 5.87. The summed E-state index contributed by atoms with van der Waals surface area (Å²) in [5.41, 5.74) is 0.584. The monoisotopic (exact) mass is 266 g/mol. The predicted octanol–water partition coefficient (Wildman–Crippen LogP) is 1.26. The molecule has 0 saturated heterocycles. The lowest BCUT2D eigenvalue weighted by atomic mass is 9.92. The normalized spacial score (nSPS) is 11.9. The van der Waals surface area contributed by atoms with Crippen LogP contribution in [-0.4, -0.2) is 28.9 Å². The van der Waals surface area contributed by atoms with Gasteiger partial charge in [-0.1, -0.05) is 0 Å². The number of carbonyl (C=O) groups is 1. The molecule has 6 heteroatoms. The van der Waals surface area contributed by atoms with Gasteiger partial charge in [0.05, 0.1) is 11.1 Å². The van der Waals surface area contributed by atoms with Crippen LogP contribution in [-0.2, 0) is 11.3 Å². The Balaban J connectivity index is 1.89. The van der Waals surface area contributed by atoms with Crippen molar-refractivity contribution >= 4 is 22.2 Å². The van der Waals surface area contributed by atoms with E-state index < -0.39 is 5.41 Å². The van der Waals surface area contributed by atoms with Crippen molar-refractivity contribution in [2.75, 3.05) is 13.6 Å². The molecule has 2 heterocycles. The summed E-state index contributed by atoms with van der Waals surface area (Å²) in [6.45, 7) is 5.14. The molecule has 0 aliphatic rings. The van der Waals surface area contributed by atoms with E-state index in [0.29, 0.717) is 13.1 Å². The molecule has 18 heavy (non-hydrogen) atoms. The second-order valence-electron chi connectivity index (χ2n) is 4.89. The maximum absolute atomic E-state index is 11.6. The van der Waals surface area contributed by atoms with Crippen LogP contribution in [0.1, 0.15) is 19.5 Å². The van der Waals surface area contributed by atoms with Crippen LogP contribution < -0.4 is 10.6 Å². The predicted molar refractivity (Wildman–Crippen MR) is 72.6 cm³/mol. The van der Waals surface area contributed by atoms with Gasteiger partial charge in [-0.25, -0.2) is 4.98 Å². The highest BCUT2D eigenvalue weighted by atomic mass is 32.1. The first-order valence-corrected chi connectivity index (χ1v) is 6.75. The highest BCUT2D eigenvalue weighted by Crippen LogP contribution is 2.14. The van der Waals surface area contributed by atoms with E-state index in [-0.39, 0.29) is 5.91 Å². The van der Waals surface area contributed by atoms with Gasteiger partial charge in [-0.15, -0.1) is 11.3 Å². The van der Waals surface area contributed by atoms with Gasteiger partial charge in [0.2, 0.25) is 5.91 Å². The van der Waals surface area contributed by atoms with Crippen LogP contribution in [0.5, 0.6) is 0 Å². The molecule has 0 aliphatic carbocycles. The van der Waals surface area contributed by atoms with Gasteiger partial charge < -0.3 is 10.6 Å². The average Bonchev–Trinajstić information content (AvgIpc) is 2.88. The maximum atomic E-state index is 11.6. The highest BCUT2D eigenvalue weighted by Gasteiger charge is 2.25. The molecule has 0 aliphatic heterocycles. The molecule has 0 radical (unpaired) electrons. The molecule has 2 aromatic heterocycles. The fraction of sp³-hybridized carbons (Fsp3) is 0.500. The van der Waals surface area contributed by atoms with Gasteiger partial charge in [0.15, 0.2) is 4.96 Å². The van der Waals surface area contributed by atoms with Crippen LogP contribution in [0.4, 0.5) is 0 Å². The zero-order chi connectivity index (χ0) is 13.2. The third-order valence-electron chi connectivity index (χ3n) is 2.86. The Morgan fingerprint density at radius 1 is 1.56 bits per heavy atom. The van der Waals surface area contributed by atoms with Crippen molar-refractivity contribution in [3.8, 4) is 0 Å². The van der Waals surface area contributed by atoms with E-state index in [9.17, 15) is 4.79 Å². The van der Waals surface area contributed by atoms with Crippen molar-refractivity contribution in [2.24, 2.45) is 5.41 Å². The van der Waals surface area contributed by atoms with Crippen molar-refractivity contribution in [3.63, 3.8) is 0 Å². The van der Waals surface area contributed by atoms with Gasteiger partial charge in [0.1, 0.15) is 0 Å². The van der Waals surface area contributed by atoms with Crippen molar-refractivity contribution in [2.45, 2.75) is 20.4 Å². The van der Waals surface area contributed by atoms with Gasteiger partial charge in [0.25, 0.3) is 0 Å². The molecule has 2 aromatic rings. The standard InChI is InChI=1S/C12H18N4OS/c1-12(2,10(17)13-3)8-14-6-9-7-16-4-5-18-11(16)15-9/h4-5,7,14H,6,8H2,1-3H3,(H,13,17). The number of hydrogen-bond donors (Lipinski definition) is 2. The maximum Gasteiger partial charge on any atom is 0.226 e. The minimum Gasteiger partial charge on any atom is -0.359 e. The van der Waals surface area contributed by atoms with E-state index in [0.717, 1.165) is 10.7 Å². The number of thiazole rings is 1. The van der Waals surface area contributed by atoms with Crippen LogP contribution >= 0.6 is 11.3 Å². The molecule has 2 N–H and O–H groups in total. The Labute approximate surface area is 110 Å². The third-order valence-corrected chi connectivity index (χ3v) is 3.63. The topological polar surface area (TPSA) is 58.4 Å². The zero-order valence-corrected chi connectivity index (χ0v) is 11.7. The minimum absolute atomic E-state index is 0.0424. The van der Waals surface area contributed by atoms with Crippen LogP contribution in [0.2, 0.25) is 0 Å². The Bertz CT molecular complexity index is 515. The van der Waals surface area contributed by atoms with Crippen LogP contribution in [0, 0.1) is 5.41 Å². The van der Waals surface area contributed by atoms with E-state index in [1.165, 1.54) is 0 Å². The summed E-state index contributed by atoms with van der Waals surface area (Å²) in [5.74, 6) is 0.0424. The Morgan fingerprint density at radius 2 is 2.33 bits per heavy atom. The quantitative estimate of drug-likeness (QED) is 0.856. The second-order valence-corrected chi connectivity index (χ2v) is 5.76. The van der Waals surface area contributed by atoms with E-state index in [1.807, 2.05) is 36.0 Å². The number of nitrogens with one attached hydrogen (secondary N) is 2. The van der Waals surface area contributed by atoms with E-state index in [4.69, 9.17) is 0 Å². The lowest BCUT2D eigenvalue weighted by Crippen LogP contribution is -2.41. The van der Waals surface area contributed by atoms with E-state index >= 15 is 0 Å². The molecule has 5 nitrogen and oxygen atoms in total. The van der Waals surface area contributed by atoms with Crippen molar-refractivity contribution in [1.82, 2.24) is 20.0 Å². The lowest BCUT2D eigenvalue weighted by molar-refractivity contribution is -0.128. The zero-order valence-electron chi connectivity index (χ0n) is 10.9. The number of nitrogens with zero attached hydrogens (tertiary/aromatic N) is 2. The van der Waals surface area contributed by atoms with E-state index in [1.54, 1.807) is 18.4 Å². The smallest absolute Gasteiger partial charge is 0.226 e. The summed E-state index contributed by atoms with van der Waals surface area (Å²) < 4.78 is 2.01. The highest BCUT2D eigenvalue weighted by molar-refractivity contribution is 7.15. The summed E-state index contributed by atoms with van der Waals surface area (Å²) in [7, 11) is 1.66. The Hall–Kier alpha value is -1.40. The number of imidazole rings is 1. The van der Waals surface area contributed by atoms with Gasteiger partial charge in [0, 0.05) is 37.9 Å². The summed E-state index contributed by atoms with van der Waals surface area (Å²) in [4.78, 5) is 17.1. The fourth-order valence-electron chi connectivity index (χ4n) is 1.78. The molecule has 0 fully saturated rings. The molecule has 1 amide bonds. The molecule has 0 spiro atoms. The molecule has 98 valence electrons. The number of fused-ring (bicyclic) bond motifs is 1. The molecule has 0 atom stereocenters. The molecule has 0 aromatic carbocycles. The number of carbonyl (C=O) groups excluding carboxylic acids is 1. The average molecular weight is 266 g/mol. The summed E-state index contributed by atoms with van der Waals surface area (Å²) in [5, 5.41) is 7.96. The van der Waals surface area contributed by atoms with Gasteiger partial charge in [-0.05, 0) is 13.8 Å². The van der Waals surface area contributed by atoms with Crippen molar-refractivity contribution in [3.05, 3.63) is 23.5 Å². The first kappa shape index (κ1) is 13.0. The number of rotatable bonds is 5. The lowest BCUT2D eigenvalue weighted by Gasteiger charge is -2.22. The molecule has 0 saturated carbocycles. The van der Waals surface area contributed by atoms with Crippen molar-refractivity contribution < 1.29 is 4.79 Å². The largest absolute Gasteiger partial charge is 0.359 e. The SMILES string of the molecule is CNC(=O)C(C)(C)CNCc1cn2ccsc2n1. The Morgan fingerprint density at radius 3 is 3.00 bits per heavy atom.